The van der Waals surface area contributed by atoms with Gasteiger partial charge in [0.05, 0.1) is 11.1 Å². The largest absolute Gasteiger partial charge is 0.478 e. The molecule has 3 aromatic rings. The number of fused-ring (bicyclic) bond motifs is 1. The van der Waals surface area contributed by atoms with Crippen LogP contribution in [0.25, 0.3) is 22.0 Å². The van der Waals surface area contributed by atoms with Gasteiger partial charge in [0.2, 0.25) is 0 Å². The number of halogens is 1. The van der Waals surface area contributed by atoms with Gasteiger partial charge in [-0.3, -0.25) is 4.98 Å². The Labute approximate surface area is 124 Å². The second-order valence-electron chi connectivity index (χ2n) is 4.38. The van der Waals surface area contributed by atoms with Crippen LogP contribution in [0.3, 0.4) is 0 Å². The molecule has 4 heteroatoms. The first kappa shape index (κ1) is 12.8. The molecule has 0 saturated carbocycles. The summed E-state index contributed by atoms with van der Waals surface area (Å²) in [5.41, 5.74) is 2.57. The second kappa shape index (κ2) is 5.06. The van der Waals surface area contributed by atoms with E-state index in [0.29, 0.717) is 5.56 Å². The van der Waals surface area contributed by atoms with Gasteiger partial charge < -0.3 is 5.11 Å². The number of pyridine rings is 1. The number of aromatic carboxylic acids is 1. The molecular weight excluding hydrogens is 318 g/mol. The molecule has 0 atom stereocenters. The van der Waals surface area contributed by atoms with Gasteiger partial charge in [0.25, 0.3) is 0 Å². The lowest BCUT2D eigenvalue weighted by Crippen LogP contribution is -2.00. The fraction of sp³-hybridized carbons (Fsp3) is 0. The summed E-state index contributed by atoms with van der Waals surface area (Å²) in [5.74, 6) is -0.950. The quantitative estimate of drug-likeness (QED) is 0.760. The molecule has 0 unspecified atom stereocenters. The minimum Gasteiger partial charge on any atom is -0.478 e. The molecule has 1 heterocycles. The predicted molar refractivity (Wildman–Crippen MR) is 81.8 cm³/mol. The average molecular weight is 328 g/mol. The molecule has 3 nitrogen and oxygen atoms in total. The average Bonchev–Trinajstić information content (AvgIpc) is 2.46. The maximum absolute atomic E-state index is 11.4. The second-order valence-corrected chi connectivity index (χ2v) is 5.29. The van der Waals surface area contributed by atoms with E-state index in [-0.39, 0.29) is 5.56 Å². The third-order valence-electron chi connectivity index (χ3n) is 3.13. The molecule has 98 valence electrons. The molecule has 0 aliphatic rings. The van der Waals surface area contributed by atoms with Crippen LogP contribution in [0.2, 0.25) is 0 Å². The number of carboxylic acids is 1. The Morgan fingerprint density at radius 3 is 2.65 bits per heavy atom. The fourth-order valence-corrected chi connectivity index (χ4v) is 2.61. The molecule has 1 aromatic heterocycles. The van der Waals surface area contributed by atoms with Gasteiger partial charge in [-0.2, -0.15) is 0 Å². The topological polar surface area (TPSA) is 50.2 Å². The van der Waals surface area contributed by atoms with Gasteiger partial charge in [-0.05, 0) is 23.8 Å². The van der Waals surface area contributed by atoms with Crippen LogP contribution in [-0.4, -0.2) is 16.1 Å². The number of aromatic nitrogens is 1. The van der Waals surface area contributed by atoms with Gasteiger partial charge in [-0.15, -0.1) is 0 Å². The van der Waals surface area contributed by atoms with Gasteiger partial charge >= 0.3 is 5.97 Å². The van der Waals surface area contributed by atoms with Crippen LogP contribution in [0.15, 0.2) is 59.2 Å². The van der Waals surface area contributed by atoms with Crippen molar-refractivity contribution in [2.75, 3.05) is 0 Å². The lowest BCUT2D eigenvalue weighted by atomic mass is 9.97. The first-order valence-electron chi connectivity index (χ1n) is 6.04. The summed E-state index contributed by atoms with van der Waals surface area (Å²) in [7, 11) is 0. The Kier molecular flexibility index (Phi) is 3.24. The summed E-state index contributed by atoms with van der Waals surface area (Å²) < 4.78 is 0.742. The Hall–Kier alpha value is -2.20. The van der Waals surface area contributed by atoms with Crippen molar-refractivity contribution >= 4 is 32.8 Å². The zero-order valence-electron chi connectivity index (χ0n) is 10.4. The van der Waals surface area contributed by atoms with Crippen LogP contribution in [0.1, 0.15) is 10.4 Å². The number of rotatable bonds is 2. The molecule has 20 heavy (non-hydrogen) atoms. The lowest BCUT2D eigenvalue weighted by Gasteiger charge is -2.09. The molecule has 0 aliphatic carbocycles. The minimum atomic E-state index is -0.950. The number of carboxylic acid groups (broad SMARTS) is 1. The van der Waals surface area contributed by atoms with Crippen molar-refractivity contribution in [3.63, 3.8) is 0 Å². The highest BCUT2D eigenvalue weighted by atomic mass is 79.9. The number of carbonyl (C=O) groups is 1. The predicted octanol–water partition coefficient (Wildman–Crippen LogP) is 4.36. The van der Waals surface area contributed by atoms with Crippen molar-refractivity contribution in [3.8, 4) is 11.1 Å². The maximum atomic E-state index is 11.4. The number of nitrogens with zero attached hydrogens (tertiary/aromatic N) is 1. The van der Waals surface area contributed by atoms with Crippen molar-refractivity contribution < 1.29 is 9.90 Å². The summed E-state index contributed by atoms with van der Waals surface area (Å²) in [6.45, 7) is 0. The summed E-state index contributed by atoms with van der Waals surface area (Å²) in [6, 6.07) is 14.8. The third-order valence-corrected chi connectivity index (χ3v) is 3.63. The van der Waals surface area contributed by atoms with Crippen LogP contribution >= 0.6 is 15.9 Å². The number of hydrogen-bond donors (Lipinski definition) is 1. The molecule has 0 saturated heterocycles. The maximum Gasteiger partial charge on any atom is 0.336 e. The third kappa shape index (κ3) is 2.18. The molecule has 2 aromatic carbocycles. The van der Waals surface area contributed by atoms with E-state index < -0.39 is 5.97 Å². The standard InChI is InChI=1S/C16H10BrNO2/c17-11-6-7-12(14(9-11)16(19)20)13-5-1-3-10-4-2-8-18-15(10)13/h1-9H,(H,19,20). The highest BCUT2D eigenvalue weighted by Gasteiger charge is 2.14. The normalized spacial score (nSPS) is 10.7. The monoisotopic (exact) mass is 327 g/mol. The SMILES string of the molecule is O=C(O)c1cc(Br)ccc1-c1cccc2cccnc12. The van der Waals surface area contributed by atoms with Crippen LogP contribution in [0.5, 0.6) is 0 Å². The van der Waals surface area contributed by atoms with E-state index in [1.165, 1.54) is 0 Å². The smallest absolute Gasteiger partial charge is 0.336 e. The van der Waals surface area contributed by atoms with Gasteiger partial charge in [0.1, 0.15) is 0 Å². The molecule has 1 N–H and O–H groups in total. The van der Waals surface area contributed by atoms with Gasteiger partial charge in [0.15, 0.2) is 0 Å². The van der Waals surface area contributed by atoms with E-state index in [9.17, 15) is 9.90 Å². The number of hydrogen-bond acceptors (Lipinski definition) is 2. The van der Waals surface area contributed by atoms with Gasteiger partial charge in [-0.1, -0.05) is 46.3 Å². The first-order valence-corrected chi connectivity index (χ1v) is 6.83. The Morgan fingerprint density at radius 1 is 1.05 bits per heavy atom. The van der Waals surface area contributed by atoms with Gasteiger partial charge in [0, 0.05) is 21.6 Å². The highest BCUT2D eigenvalue weighted by Crippen LogP contribution is 2.31. The Bertz CT molecular complexity index is 809. The molecule has 0 aliphatic heterocycles. The van der Waals surface area contributed by atoms with E-state index in [0.717, 1.165) is 20.9 Å². The first-order chi connectivity index (χ1) is 9.66. The Morgan fingerprint density at radius 2 is 1.85 bits per heavy atom. The van der Waals surface area contributed by atoms with E-state index in [1.807, 2.05) is 36.4 Å². The minimum absolute atomic E-state index is 0.262. The van der Waals surface area contributed by atoms with E-state index in [1.54, 1.807) is 18.3 Å². The van der Waals surface area contributed by atoms with Crippen molar-refractivity contribution in [2.24, 2.45) is 0 Å². The van der Waals surface area contributed by atoms with Crippen LogP contribution in [0.4, 0.5) is 0 Å². The number of benzene rings is 2. The number of para-hydroxylation sites is 1. The van der Waals surface area contributed by atoms with Crippen LogP contribution < -0.4 is 0 Å². The fourth-order valence-electron chi connectivity index (χ4n) is 2.25. The molecule has 0 radical (unpaired) electrons. The zero-order valence-corrected chi connectivity index (χ0v) is 12.0. The van der Waals surface area contributed by atoms with Crippen molar-refractivity contribution in [1.29, 1.82) is 0 Å². The van der Waals surface area contributed by atoms with Gasteiger partial charge in [-0.25, -0.2) is 4.79 Å². The van der Waals surface area contributed by atoms with Crippen molar-refractivity contribution in [3.05, 3.63) is 64.8 Å². The summed E-state index contributed by atoms with van der Waals surface area (Å²) in [6.07, 6.45) is 1.71. The van der Waals surface area contributed by atoms with Crippen molar-refractivity contribution in [2.45, 2.75) is 0 Å². The van der Waals surface area contributed by atoms with Crippen LogP contribution in [0, 0.1) is 0 Å². The van der Waals surface area contributed by atoms with Crippen LogP contribution in [-0.2, 0) is 0 Å². The highest BCUT2D eigenvalue weighted by molar-refractivity contribution is 9.10. The molecule has 0 bridgehead atoms. The van der Waals surface area contributed by atoms with E-state index >= 15 is 0 Å². The molecule has 0 amide bonds. The summed E-state index contributed by atoms with van der Waals surface area (Å²) >= 11 is 3.31. The van der Waals surface area contributed by atoms with E-state index in [4.69, 9.17) is 0 Å². The van der Waals surface area contributed by atoms with E-state index in [2.05, 4.69) is 20.9 Å². The molecular formula is C16H10BrNO2. The lowest BCUT2D eigenvalue weighted by molar-refractivity contribution is 0.0697. The summed E-state index contributed by atoms with van der Waals surface area (Å²) in [4.78, 5) is 15.8. The molecule has 3 rings (SSSR count). The summed E-state index contributed by atoms with van der Waals surface area (Å²) in [5, 5.41) is 10.4. The zero-order chi connectivity index (χ0) is 14.1. The molecule has 0 spiro atoms. The Balaban J connectivity index is 2.34. The van der Waals surface area contributed by atoms with Crippen molar-refractivity contribution in [1.82, 2.24) is 4.98 Å². The molecule has 0 fully saturated rings.